The highest BCUT2D eigenvalue weighted by Crippen LogP contribution is 2.22. The molecule has 0 radical (unpaired) electrons. The van der Waals surface area contributed by atoms with Gasteiger partial charge in [-0.2, -0.15) is 0 Å². The number of carbonyl (C=O) groups is 1. The van der Waals surface area contributed by atoms with Crippen LogP contribution in [0.5, 0.6) is 0 Å². The fraction of sp³-hybridized carbons (Fsp3) is 0.381. The van der Waals surface area contributed by atoms with Gasteiger partial charge in [0, 0.05) is 31.6 Å². The number of nitrogens with zero attached hydrogens (tertiary/aromatic N) is 2. The average Bonchev–Trinajstić information content (AvgIpc) is 2.64. The summed E-state index contributed by atoms with van der Waals surface area (Å²) in [6, 6.07) is 17.0. The number of halogens is 1. The van der Waals surface area contributed by atoms with Crippen LogP contribution < -0.4 is 0 Å². The van der Waals surface area contributed by atoms with Crippen molar-refractivity contribution in [3.8, 4) is 0 Å². The molecule has 1 aliphatic rings. The molecule has 0 aromatic heterocycles. The number of carbonyl (C=O) groups excluding carboxylic acids is 1. The predicted octanol–water partition coefficient (Wildman–Crippen LogP) is 3.70. The van der Waals surface area contributed by atoms with Gasteiger partial charge in [0.05, 0.1) is 0 Å². The molecule has 1 saturated heterocycles. The van der Waals surface area contributed by atoms with E-state index >= 15 is 0 Å². The summed E-state index contributed by atoms with van der Waals surface area (Å²) in [4.78, 5) is 16.7. The quantitative estimate of drug-likeness (QED) is 0.829. The zero-order valence-electron chi connectivity index (χ0n) is 14.7. The SMILES string of the molecule is CN(Cc1ccccc1)C(=O)C1CCN(Cc2ccccc2F)CC1. The van der Waals surface area contributed by atoms with Gasteiger partial charge in [-0.3, -0.25) is 9.69 Å². The van der Waals surface area contributed by atoms with Crippen molar-refractivity contribution in [2.75, 3.05) is 20.1 Å². The van der Waals surface area contributed by atoms with Crippen molar-refractivity contribution in [3.63, 3.8) is 0 Å². The number of benzene rings is 2. The molecule has 3 rings (SSSR count). The van der Waals surface area contributed by atoms with Crippen molar-refractivity contribution in [2.45, 2.75) is 25.9 Å². The molecule has 1 amide bonds. The lowest BCUT2D eigenvalue weighted by atomic mass is 9.95. The van der Waals surface area contributed by atoms with Gasteiger partial charge in [-0.15, -0.1) is 0 Å². The van der Waals surface area contributed by atoms with Gasteiger partial charge < -0.3 is 4.90 Å². The average molecular weight is 340 g/mol. The summed E-state index contributed by atoms with van der Waals surface area (Å²) < 4.78 is 13.8. The van der Waals surface area contributed by atoms with E-state index in [1.54, 1.807) is 6.07 Å². The molecule has 25 heavy (non-hydrogen) atoms. The Morgan fingerprint density at radius 3 is 2.40 bits per heavy atom. The van der Waals surface area contributed by atoms with E-state index in [1.807, 2.05) is 54.4 Å². The summed E-state index contributed by atoms with van der Waals surface area (Å²) in [5.41, 5.74) is 1.88. The highest BCUT2D eigenvalue weighted by atomic mass is 19.1. The molecule has 3 nitrogen and oxygen atoms in total. The number of likely N-dealkylation sites (tertiary alicyclic amines) is 1. The minimum absolute atomic E-state index is 0.0746. The molecule has 0 saturated carbocycles. The molecule has 1 heterocycles. The number of hydrogen-bond acceptors (Lipinski definition) is 2. The van der Waals surface area contributed by atoms with Gasteiger partial charge in [0.2, 0.25) is 5.91 Å². The third-order valence-corrected chi connectivity index (χ3v) is 4.93. The van der Waals surface area contributed by atoms with Crippen LogP contribution in [0, 0.1) is 11.7 Å². The van der Waals surface area contributed by atoms with Crippen molar-refractivity contribution >= 4 is 5.91 Å². The maximum atomic E-state index is 13.8. The monoisotopic (exact) mass is 340 g/mol. The zero-order chi connectivity index (χ0) is 17.6. The summed E-state index contributed by atoms with van der Waals surface area (Å²) in [6.45, 7) is 2.94. The number of hydrogen-bond donors (Lipinski definition) is 0. The lowest BCUT2D eigenvalue weighted by Gasteiger charge is -2.33. The minimum Gasteiger partial charge on any atom is -0.341 e. The molecular formula is C21H25FN2O. The van der Waals surface area contributed by atoms with Crippen LogP contribution in [0.25, 0.3) is 0 Å². The van der Waals surface area contributed by atoms with Crippen molar-refractivity contribution in [1.82, 2.24) is 9.80 Å². The van der Waals surface area contributed by atoms with E-state index in [4.69, 9.17) is 0 Å². The van der Waals surface area contributed by atoms with Gasteiger partial charge in [0.25, 0.3) is 0 Å². The smallest absolute Gasteiger partial charge is 0.225 e. The molecule has 0 unspecified atom stereocenters. The van der Waals surface area contributed by atoms with Crippen molar-refractivity contribution in [3.05, 3.63) is 71.5 Å². The molecule has 2 aromatic carbocycles. The minimum atomic E-state index is -0.150. The standard InChI is InChI=1S/C21H25FN2O/c1-23(15-17-7-3-2-4-8-17)21(25)18-11-13-24(14-12-18)16-19-9-5-6-10-20(19)22/h2-10,18H,11-16H2,1H3. The lowest BCUT2D eigenvalue weighted by Crippen LogP contribution is -2.40. The molecule has 0 atom stereocenters. The summed E-state index contributed by atoms with van der Waals surface area (Å²) in [6.07, 6.45) is 1.68. The topological polar surface area (TPSA) is 23.6 Å². The van der Waals surface area contributed by atoms with Crippen molar-refractivity contribution in [2.24, 2.45) is 5.92 Å². The molecule has 132 valence electrons. The van der Waals surface area contributed by atoms with E-state index < -0.39 is 0 Å². The van der Waals surface area contributed by atoms with Gasteiger partial charge in [0.1, 0.15) is 5.82 Å². The summed E-state index contributed by atoms with van der Waals surface area (Å²) in [7, 11) is 1.88. The molecule has 0 aliphatic carbocycles. The fourth-order valence-corrected chi connectivity index (χ4v) is 3.45. The molecule has 1 aliphatic heterocycles. The maximum absolute atomic E-state index is 13.8. The Hall–Kier alpha value is -2.20. The number of amides is 1. The Kier molecular flexibility index (Phi) is 5.82. The van der Waals surface area contributed by atoms with E-state index in [2.05, 4.69) is 4.90 Å². The van der Waals surface area contributed by atoms with Crippen LogP contribution in [0.15, 0.2) is 54.6 Å². The van der Waals surface area contributed by atoms with E-state index in [-0.39, 0.29) is 17.6 Å². The summed E-state index contributed by atoms with van der Waals surface area (Å²) >= 11 is 0. The van der Waals surface area contributed by atoms with E-state index in [0.717, 1.165) is 37.1 Å². The molecule has 4 heteroatoms. The van der Waals surface area contributed by atoms with Crippen LogP contribution in [0.3, 0.4) is 0 Å². The van der Waals surface area contributed by atoms with Crippen LogP contribution in [0.2, 0.25) is 0 Å². The number of rotatable bonds is 5. The zero-order valence-corrected chi connectivity index (χ0v) is 14.7. The van der Waals surface area contributed by atoms with Crippen LogP contribution in [0.4, 0.5) is 4.39 Å². The fourth-order valence-electron chi connectivity index (χ4n) is 3.45. The second-order valence-corrected chi connectivity index (χ2v) is 6.82. The van der Waals surface area contributed by atoms with E-state index in [9.17, 15) is 9.18 Å². The Balaban J connectivity index is 1.50. The first kappa shape index (κ1) is 17.6. The predicted molar refractivity (Wildman–Crippen MR) is 97.3 cm³/mol. The lowest BCUT2D eigenvalue weighted by molar-refractivity contribution is -0.136. The normalized spacial score (nSPS) is 15.9. The largest absolute Gasteiger partial charge is 0.341 e. The van der Waals surface area contributed by atoms with Gasteiger partial charge >= 0.3 is 0 Å². The van der Waals surface area contributed by atoms with Crippen LogP contribution >= 0.6 is 0 Å². The van der Waals surface area contributed by atoms with E-state index in [1.165, 1.54) is 6.07 Å². The Morgan fingerprint density at radius 2 is 1.72 bits per heavy atom. The third kappa shape index (κ3) is 4.67. The van der Waals surface area contributed by atoms with Crippen LogP contribution in [-0.4, -0.2) is 35.8 Å². The molecule has 1 fully saturated rings. The molecule has 2 aromatic rings. The van der Waals surface area contributed by atoms with Gasteiger partial charge in [0.15, 0.2) is 0 Å². The van der Waals surface area contributed by atoms with E-state index in [0.29, 0.717) is 13.1 Å². The molecule has 0 bridgehead atoms. The molecule has 0 N–H and O–H groups in total. The molecular weight excluding hydrogens is 315 g/mol. The summed E-state index contributed by atoms with van der Waals surface area (Å²) in [5.74, 6) is 0.142. The third-order valence-electron chi connectivity index (χ3n) is 4.93. The first-order valence-electron chi connectivity index (χ1n) is 8.88. The van der Waals surface area contributed by atoms with Crippen molar-refractivity contribution < 1.29 is 9.18 Å². The maximum Gasteiger partial charge on any atom is 0.225 e. The molecule has 0 spiro atoms. The van der Waals surface area contributed by atoms with Gasteiger partial charge in [-0.05, 0) is 37.6 Å². The highest BCUT2D eigenvalue weighted by molar-refractivity contribution is 5.78. The van der Waals surface area contributed by atoms with Crippen molar-refractivity contribution in [1.29, 1.82) is 0 Å². The summed E-state index contributed by atoms with van der Waals surface area (Å²) in [5, 5.41) is 0. The van der Waals surface area contributed by atoms with Crippen LogP contribution in [0.1, 0.15) is 24.0 Å². The number of piperidine rings is 1. The second-order valence-electron chi connectivity index (χ2n) is 6.82. The highest BCUT2D eigenvalue weighted by Gasteiger charge is 2.27. The van der Waals surface area contributed by atoms with Gasteiger partial charge in [-0.25, -0.2) is 4.39 Å². The Bertz CT molecular complexity index is 696. The Labute approximate surface area is 149 Å². The first-order valence-corrected chi connectivity index (χ1v) is 8.88. The first-order chi connectivity index (χ1) is 12.1. The second kappa shape index (κ2) is 8.26. The van der Waals surface area contributed by atoms with Gasteiger partial charge in [-0.1, -0.05) is 48.5 Å². The van der Waals surface area contributed by atoms with Crippen LogP contribution in [-0.2, 0) is 17.9 Å². The Morgan fingerprint density at radius 1 is 1.08 bits per heavy atom.